The van der Waals surface area contributed by atoms with Crippen molar-refractivity contribution in [2.24, 2.45) is 0 Å². The van der Waals surface area contributed by atoms with Crippen LogP contribution in [-0.2, 0) is 0 Å². The number of rotatable bonds is 7. The summed E-state index contributed by atoms with van der Waals surface area (Å²) in [6, 6.07) is 82.9. The van der Waals surface area contributed by atoms with Gasteiger partial charge in [0.2, 0.25) is 0 Å². The lowest BCUT2D eigenvalue weighted by Crippen LogP contribution is -2.12. The van der Waals surface area contributed by atoms with Gasteiger partial charge in [-0.15, -0.1) is 0 Å². The number of aromatic nitrogens is 1. The lowest BCUT2D eigenvalue weighted by atomic mass is 9.95. The zero-order valence-electron chi connectivity index (χ0n) is 33.2. The van der Waals surface area contributed by atoms with Gasteiger partial charge >= 0.3 is 0 Å². The summed E-state index contributed by atoms with van der Waals surface area (Å²) in [5, 5.41) is 6.94. The van der Waals surface area contributed by atoms with E-state index in [1.807, 2.05) is 0 Å². The SMILES string of the molecule is c1ccc(-c2ccc(N(c3ccccc3-c3ccccc3)c3cc(-c4cccc5c6ccccc6n(-c6ccccc6)c45)cc4oc5ccc6ccccc6c5c34)cc2)cc1. The molecule has 12 aromatic rings. The van der Waals surface area contributed by atoms with E-state index in [9.17, 15) is 0 Å². The minimum atomic E-state index is 0.835. The Labute approximate surface area is 353 Å². The van der Waals surface area contributed by atoms with Crippen LogP contribution < -0.4 is 4.90 Å². The molecule has 0 unspecified atom stereocenters. The maximum Gasteiger partial charge on any atom is 0.138 e. The molecule has 3 heteroatoms. The molecule has 0 radical (unpaired) electrons. The average Bonchev–Trinajstić information content (AvgIpc) is 3.89. The highest BCUT2D eigenvalue weighted by Crippen LogP contribution is 2.50. The third-order valence-corrected chi connectivity index (χ3v) is 12.2. The lowest BCUT2D eigenvalue weighted by Gasteiger charge is -2.29. The van der Waals surface area contributed by atoms with Crippen molar-refractivity contribution in [2.45, 2.75) is 0 Å². The van der Waals surface area contributed by atoms with Crippen LogP contribution >= 0.6 is 0 Å². The van der Waals surface area contributed by atoms with Crippen LogP contribution in [0.3, 0.4) is 0 Å². The average molecular weight is 779 g/mol. The Morgan fingerprint density at radius 3 is 1.79 bits per heavy atom. The first-order valence-corrected chi connectivity index (χ1v) is 20.8. The number of furan rings is 1. The van der Waals surface area contributed by atoms with E-state index in [0.29, 0.717) is 0 Å². The first kappa shape index (κ1) is 34.9. The van der Waals surface area contributed by atoms with E-state index >= 15 is 0 Å². The molecule has 61 heavy (non-hydrogen) atoms. The molecule has 286 valence electrons. The monoisotopic (exact) mass is 778 g/mol. The molecule has 0 fully saturated rings. The third kappa shape index (κ3) is 5.74. The molecule has 0 spiro atoms. The van der Waals surface area contributed by atoms with Crippen LogP contribution in [0.4, 0.5) is 17.1 Å². The number of nitrogens with zero attached hydrogens (tertiary/aromatic N) is 2. The molecule has 0 aliphatic carbocycles. The standard InChI is InChI=1S/C58H38N2O/c1-4-17-39(18-5-1)40-31-34-45(35-32-40)59(51-29-14-12-24-46(51)41-19-6-2-7-20-41)53-37-43(38-55-57(53)56-47-25-11-10-21-42(47)33-36-54(56)61-55)48-27-16-28-50-49-26-13-15-30-52(49)60(58(48)50)44-22-8-3-9-23-44/h1-38H. The van der Waals surface area contributed by atoms with Crippen molar-refractivity contribution in [1.29, 1.82) is 0 Å². The van der Waals surface area contributed by atoms with Gasteiger partial charge in [0.1, 0.15) is 11.2 Å². The quantitative estimate of drug-likeness (QED) is 0.161. The minimum Gasteiger partial charge on any atom is -0.456 e. The van der Waals surface area contributed by atoms with Crippen LogP contribution in [0.1, 0.15) is 0 Å². The van der Waals surface area contributed by atoms with E-state index in [-0.39, 0.29) is 0 Å². The molecule has 0 aliphatic heterocycles. The van der Waals surface area contributed by atoms with Gasteiger partial charge in [-0.05, 0) is 87.6 Å². The van der Waals surface area contributed by atoms with E-state index in [0.717, 1.165) is 77.8 Å². The predicted molar refractivity (Wildman–Crippen MR) is 257 cm³/mol. The molecule has 10 aromatic carbocycles. The fourth-order valence-electron chi connectivity index (χ4n) is 9.45. The second kappa shape index (κ2) is 14.3. The fraction of sp³-hybridized carbons (Fsp3) is 0. The number of fused-ring (bicyclic) bond motifs is 8. The largest absolute Gasteiger partial charge is 0.456 e. The fourth-order valence-corrected chi connectivity index (χ4v) is 9.45. The van der Waals surface area contributed by atoms with Crippen molar-refractivity contribution in [3.63, 3.8) is 0 Å². The summed E-state index contributed by atoms with van der Waals surface area (Å²) >= 11 is 0. The summed E-state index contributed by atoms with van der Waals surface area (Å²) in [6.07, 6.45) is 0. The molecule has 2 aromatic heterocycles. The molecular formula is C58H38N2O. The number of para-hydroxylation sites is 4. The normalized spacial score (nSPS) is 11.6. The van der Waals surface area contributed by atoms with Crippen LogP contribution in [-0.4, -0.2) is 4.57 Å². The molecular weight excluding hydrogens is 741 g/mol. The molecule has 0 aliphatic rings. The van der Waals surface area contributed by atoms with Crippen molar-refractivity contribution in [3.8, 4) is 39.1 Å². The molecule has 0 bridgehead atoms. The van der Waals surface area contributed by atoms with Gasteiger partial charge in [-0.1, -0.05) is 176 Å². The van der Waals surface area contributed by atoms with Gasteiger partial charge < -0.3 is 13.9 Å². The highest BCUT2D eigenvalue weighted by Gasteiger charge is 2.26. The zero-order valence-corrected chi connectivity index (χ0v) is 33.2. The number of anilines is 3. The maximum absolute atomic E-state index is 7.03. The Bertz CT molecular complexity index is 3570. The molecule has 0 saturated heterocycles. The Morgan fingerprint density at radius 2 is 0.984 bits per heavy atom. The number of benzene rings is 10. The van der Waals surface area contributed by atoms with E-state index in [2.05, 4.69) is 240 Å². The van der Waals surface area contributed by atoms with Crippen LogP contribution in [0.2, 0.25) is 0 Å². The Balaban J connectivity index is 1.21. The van der Waals surface area contributed by atoms with E-state index < -0.39 is 0 Å². The Morgan fingerprint density at radius 1 is 0.361 bits per heavy atom. The first-order chi connectivity index (χ1) is 30.3. The molecule has 3 nitrogen and oxygen atoms in total. The molecule has 0 saturated carbocycles. The molecule has 0 N–H and O–H groups in total. The van der Waals surface area contributed by atoms with Gasteiger partial charge in [0, 0.05) is 38.7 Å². The smallest absolute Gasteiger partial charge is 0.138 e. The van der Waals surface area contributed by atoms with Gasteiger partial charge in [0.05, 0.1) is 27.8 Å². The molecule has 0 atom stereocenters. The van der Waals surface area contributed by atoms with Crippen molar-refractivity contribution in [1.82, 2.24) is 4.57 Å². The first-order valence-electron chi connectivity index (χ1n) is 20.8. The predicted octanol–water partition coefficient (Wildman–Crippen LogP) is 16.3. The van der Waals surface area contributed by atoms with E-state index in [4.69, 9.17) is 4.42 Å². The third-order valence-electron chi connectivity index (χ3n) is 12.2. The maximum atomic E-state index is 7.03. The van der Waals surface area contributed by atoms with E-state index in [1.54, 1.807) is 0 Å². The van der Waals surface area contributed by atoms with Crippen LogP contribution in [0.25, 0.3) is 93.6 Å². The van der Waals surface area contributed by atoms with Gasteiger partial charge in [0.25, 0.3) is 0 Å². The highest BCUT2D eigenvalue weighted by molar-refractivity contribution is 6.24. The summed E-state index contributed by atoms with van der Waals surface area (Å²) in [5.74, 6) is 0. The summed E-state index contributed by atoms with van der Waals surface area (Å²) in [6.45, 7) is 0. The highest BCUT2D eigenvalue weighted by atomic mass is 16.3. The summed E-state index contributed by atoms with van der Waals surface area (Å²) in [4.78, 5) is 2.45. The van der Waals surface area contributed by atoms with Gasteiger partial charge in [-0.2, -0.15) is 0 Å². The Kier molecular flexibility index (Phi) is 8.17. The van der Waals surface area contributed by atoms with Crippen LogP contribution in [0.5, 0.6) is 0 Å². The topological polar surface area (TPSA) is 21.3 Å². The van der Waals surface area contributed by atoms with Crippen LogP contribution in [0.15, 0.2) is 235 Å². The molecule has 0 amide bonds. The van der Waals surface area contributed by atoms with Crippen molar-refractivity contribution in [2.75, 3.05) is 4.90 Å². The van der Waals surface area contributed by atoms with Crippen molar-refractivity contribution >= 4 is 71.6 Å². The van der Waals surface area contributed by atoms with Gasteiger partial charge in [-0.3, -0.25) is 0 Å². The number of hydrogen-bond donors (Lipinski definition) is 0. The summed E-state index contributed by atoms with van der Waals surface area (Å²) < 4.78 is 9.45. The van der Waals surface area contributed by atoms with Crippen LogP contribution in [0, 0.1) is 0 Å². The van der Waals surface area contributed by atoms with Crippen molar-refractivity contribution < 1.29 is 4.42 Å². The van der Waals surface area contributed by atoms with E-state index in [1.165, 1.54) is 32.8 Å². The lowest BCUT2D eigenvalue weighted by molar-refractivity contribution is 0.669. The summed E-state index contributed by atoms with van der Waals surface area (Å²) in [7, 11) is 0. The van der Waals surface area contributed by atoms with Crippen molar-refractivity contribution in [3.05, 3.63) is 231 Å². The number of hydrogen-bond acceptors (Lipinski definition) is 2. The summed E-state index contributed by atoms with van der Waals surface area (Å²) in [5.41, 5.74) is 15.1. The Hall–Kier alpha value is -8.14. The second-order valence-electron chi connectivity index (χ2n) is 15.7. The molecule has 2 heterocycles. The second-order valence-corrected chi connectivity index (χ2v) is 15.7. The van der Waals surface area contributed by atoms with Gasteiger partial charge in [0.15, 0.2) is 0 Å². The van der Waals surface area contributed by atoms with Gasteiger partial charge in [-0.25, -0.2) is 0 Å². The minimum absolute atomic E-state index is 0.835. The molecule has 12 rings (SSSR count). The zero-order chi connectivity index (χ0) is 40.3.